The van der Waals surface area contributed by atoms with E-state index in [0.717, 1.165) is 19.4 Å². The van der Waals surface area contributed by atoms with E-state index in [1.807, 2.05) is 6.92 Å². The van der Waals surface area contributed by atoms with Crippen LogP contribution in [0.1, 0.15) is 25.3 Å². The fourth-order valence-corrected chi connectivity index (χ4v) is 3.58. The molecule has 1 aromatic rings. The zero-order valence-electron chi connectivity index (χ0n) is 14.2. The van der Waals surface area contributed by atoms with E-state index < -0.39 is 10.2 Å². The molecule has 1 aliphatic heterocycles. The third-order valence-electron chi connectivity index (χ3n) is 3.95. The summed E-state index contributed by atoms with van der Waals surface area (Å²) in [6.45, 7) is 7.34. The second-order valence-corrected chi connectivity index (χ2v) is 7.56. The minimum atomic E-state index is -1.43. The minimum Gasteiger partial charge on any atom is -0.491 e. The number of carbonyl (C=O) groups excluding carboxylic acids is 1. The average Bonchev–Trinajstić information content (AvgIpc) is 3.01. The number of likely N-dealkylation sites (tertiary alicyclic amines) is 1. The summed E-state index contributed by atoms with van der Waals surface area (Å²) in [5.74, 6) is 0.539. The molecule has 0 spiro atoms. The summed E-state index contributed by atoms with van der Waals surface area (Å²) in [7, 11) is 1.57. The first-order valence-electron chi connectivity index (χ1n) is 8.08. The lowest BCUT2D eigenvalue weighted by Crippen LogP contribution is -2.44. The largest absolute Gasteiger partial charge is 0.491 e. The summed E-state index contributed by atoms with van der Waals surface area (Å²) in [5.41, 5.74) is 7.32. The van der Waals surface area contributed by atoms with Gasteiger partial charge in [-0.05, 0) is 31.9 Å². The van der Waals surface area contributed by atoms with Crippen LogP contribution in [0.25, 0.3) is 5.70 Å². The second kappa shape index (κ2) is 8.97. The lowest BCUT2D eigenvalue weighted by molar-refractivity contribution is 0.166. The summed E-state index contributed by atoms with van der Waals surface area (Å²) in [4.78, 5) is 13.9. The molecule has 1 aliphatic rings. The van der Waals surface area contributed by atoms with Crippen molar-refractivity contribution in [1.82, 2.24) is 10.2 Å². The van der Waals surface area contributed by atoms with Crippen LogP contribution in [0.2, 0.25) is 0 Å². The zero-order valence-corrected chi connectivity index (χ0v) is 16.0. The van der Waals surface area contributed by atoms with Crippen molar-refractivity contribution < 1.29 is 13.7 Å². The summed E-state index contributed by atoms with van der Waals surface area (Å²) >= 11 is 0. The summed E-state index contributed by atoms with van der Waals surface area (Å²) in [5, 5.41) is 2.82. The first-order chi connectivity index (χ1) is 11.9. The average molecular weight is 383 g/mol. The van der Waals surface area contributed by atoms with Crippen LogP contribution in [0.15, 0.2) is 24.8 Å². The van der Waals surface area contributed by atoms with Crippen LogP contribution in [-0.4, -0.2) is 36.7 Å². The normalized spacial score (nSPS) is 16.7. The number of nitrogens with one attached hydrogen (secondary N) is 2. The Morgan fingerprint density at radius 3 is 2.96 bits per heavy atom. The molecule has 0 saturated carbocycles. The monoisotopic (exact) mass is 383 g/mol. The predicted molar refractivity (Wildman–Crippen MR) is 104 cm³/mol. The standard InChI is InChI=1S/C16H24N4O3PS/c1-3-18-16(21)20-9-5-6-12(20)10-23-14-8-4-7-13(19-25(22)24)15(14)11(2)17/h4,7-8,12,24H,2-3,5-6,9-10,17H2,1H3,(H,18,21)(H,19,22)/q-1/t12-/m1/s1. The van der Waals surface area contributed by atoms with Gasteiger partial charge in [0.1, 0.15) is 12.4 Å². The number of nitrogens with two attached hydrogens (primary N) is 1. The van der Waals surface area contributed by atoms with Crippen molar-refractivity contribution in [2.75, 3.05) is 24.4 Å². The van der Waals surface area contributed by atoms with Gasteiger partial charge in [-0.3, -0.25) is 0 Å². The van der Waals surface area contributed by atoms with E-state index in [1.54, 1.807) is 23.1 Å². The highest BCUT2D eigenvalue weighted by Crippen LogP contribution is 2.31. The maximum Gasteiger partial charge on any atom is 0.317 e. The third-order valence-corrected chi connectivity index (χ3v) is 4.66. The highest BCUT2D eigenvalue weighted by molar-refractivity contribution is 8.07. The van der Waals surface area contributed by atoms with Crippen molar-refractivity contribution in [3.05, 3.63) is 30.3 Å². The fourth-order valence-electron chi connectivity index (χ4n) is 2.88. The molecule has 0 aromatic heterocycles. The van der Waals surface area contributed by atoms with Crippen LogP contribution in [0.4, 0.5) is 10.5 Å². The molecule has 2 rings (SSSR count). The molecule has 1 fully saturated rings. The number of rotatable bonds is 7. The quantitative estimate of drug-likeness (QED) is 0.498. The van der Waals surface area contributed by atoms with Crippen LogP contribution >= 0.6 is 8.02 Å². The Morgan fingerprint density at radius 2 is 2.32 bits per heavy atom. The molecule has 0 radical (unpaired) electrons. The molecule has 25 heavy (non-hydrogen) atoms. The van der Waals surface area contributed by atoms with Gasteiger partial charge in [-0.1, -0.05) is 12.6 Å². The van der Waals surface area contributed by atoms with Crippen LogP contribution in [0, 0.1) is 0 Å². The van der Waals surface area contributed by atoms with Gasteiger partial charge in [0.15, 0.2) is 0 Å². The molecule has 9 heteroatoms. The molecule has 1 saturated heterocycles. The summed E-state index contributed by atoms with van der Waals surface area (Å²) in [6, 6.07) is 5.24. The minimum absolute atomic E-state index is 0.00647. The summed E-state index contributed by atoms with van der Waals surface area (Å²) in [6.07, 6.45) is 1.84. The lowest BCUT2D eigenvalue weighted by Gasteiger charge is -2.26. The molecule has 138 valence electrons. The van der Waals surface area contributed by atoms with Crippen molar-refractivity contribution >= 4 is 35.6 Å². The van der Waals surface area contributed by atoms with Crippen molar-refractivity contribution in [1.29, 1.82) is 0 Å². The third kappa shape index (κ3) is 5.03. The fraction of sp³-hybridized carbons (Fsp3) is 0.438. The summed E-state index contributed by atoms with van der Waals surface area (Å²) < 4.78 is 20.1. The number of anilines is 1. The Kier molecular flexibility index (Phi) is 6.96. The van der Waals surface area contributed by atoms with Gasteiger partial charge in [0.2, 0.25) is 0 Å². The zero-order chi connectivity index (χ0) is 18.4. The number of ether oxygens (including phenoxy) is 1. The first-order valence-corrected chi connectivity index (χ1v) is 10.5. The SMILES string of the molecule is C=C(N)c1c(N[S-](=O)=P)cccc1OC[C@H]1CCCN1C(=O)NCC. The van der Waals surface area contributed by atoms with Crippen molar-refractivity contribution in [2.24, 2.45) is 5.73 Å². The van der Waals surface area contributed by atoms with E-state index in [2.05, 4.69) is 24.6 Å². The second-order valence-electron chi connectivity index (χ2n) is 5.71. The van der Waals surface area contributed by atoms with E-state index in [9.17, 15) is 9.00 Å². The first kappa shape index (κ1) is 19.4. The van der Waals surface area contributed by atoms with Gasteiger partial charge >= 0.3 is 6.03 Å². The predicted octanol–water partition coefficient (Wildman–Crippen LogP) is 2.54. The van der Waals surface area contributed by atoms with E-state index in [4.69, 9.17) is 10.5 Å². The van der Waals surface area contributed by atoms with Gasteiger partial charge in [0.25, 0.3) is 0 Å². The number of urea groups is 1. The van der Waals surface area contributed by atoms with Gasteiger partial charge in [0, 0.05) is 24.5 Å². The maximum absolute atomic E-state index is 12.1. The molecule has 0 bridgehead atoms. The number of carbonyl (C=O) groups is 1. The number of hydrogen-bond donors (Lipinski definition) is 3. The number of amides is 2. The molecule has 0 unspecified atom stereocenters. The van der Waals surface area contributed by atoms with E-state index >= 15 is 0 Å². The highest BCUT2D eigenvalue weighted by atomic mass is 32.5. The molecule has 0 aliphatic carbocycles. The molecular formula is C16H24N4O3PS-. The number of nitrogens with zero attached hydrogens (tertiary/aromatic N) is 1. The van der Waals surface area contributed by atoms with Crippen molar-refractivity contribution in [3.8, 4) is 5.75 Å². The van der Waals surface area contributed by atoms with E-state index in [0.29, 0.717) is 35.8 Å². The van der Waals surface area contributed by atoms with Crippen LogP contribution in [0.3, 0.4) is 0 Å². The Balaban J connectivity index is 2.14. The van der Waals surface area contributed by atoms with E-state index in [1.165, 1.54) is 0 Å². The highest BCUT2D eigenvalue weighted by Gasteiger charge is 2.29. The number of benzene rings is 1. The Morgan fingerprint density at radius 1 is 1.56 bits per heavy atom. The van der Waals surface area contributed by atoms with E-state index in [-0.39, 0.29) is 12.1 Å². The molecule has 7 nitrogen and oxygen atoms in total. The molecular weight excluding hydrogens is 359 g/mol. The Bertz CT molecular complexity index is 715. The van der Waals surface area contributed by atoms with Gasteiger partial charge in [0.05, 0.1) is 11.6 Å². The van der Waals surface area contributed by atoms with Gasteiger partial charge in [-0.15, -0.1) is 0 Å². The smallest absolute Gasteiger partial charge is 0.317 e. The van der Waals surface area contributed by atoms with Crippen LogP contribution in [-0.2, 0) is 14.4 Å². The van der Waals surface area contributed by atoms with Gasteiger partial charge in [-0.25, -0.2) is 12.8 Å². The van der Waals surface area contributed by atoms with Crippen LogP contribution < -0.4 is 20.5 Å². The maximum atomic E-state index is 12.1. The molecule has 4 N–H and O–H groups in total. The number of hydrogen-bond acceptors (Lipinski definition) is 5. The van der Waals surface area contributed by atoms with Crippen molar-refractivity contribution in [3.63, 3.8) is 0 Å². The molecule has 1 aromatic carbocycles. The van der Waals surface area contributed by atoms with Crippen molar-refractivity contribution in [2.45, 2.75) is 25.8 Å². The Hall–Kier alpha value is -1.92. The Labute approximate surface area is 152 Å². The molecule has 2 amide bonds. The topological polar surface area (TPSA) is 96.7 Å². The van der Waals surface area contributed by atoms with Gasteiger partial charge in [-0.2, -0.15) is 10.2 Å². The molecule has 1 atom stereocenters. The van der Waals surface area contributed by atoms with Gasteiger partial charge < -0.3 is 29.6 Å². The lowest BCUT2D eigenvalue weighted by atomic mass is 10.1. The molecule has 1 heterocycles. The van der Waals surface area contributed by atoms with Crippen LogP contribution in [0.5, 0.6) is 5.75 Å².